The molecule has 4 aromatic heterocycles. The van der Waals surface area contributed by atoms with Crippen molar-refractivity contribution in [1.82, 2.24) is 8.96 Å². The molecule has 11 aromatic carbocycles. The minimum absolute atomic E-state index is 0.207. The van der Waals surface area contributed by atoms with Crippen molar-refractivity contribution in [3.8, 4) is 22.3 Å². The maximum Gasteiger partial charge on any atom is 0.333 e. The Morgan fingerprint density at radius 2 is 0.920 bits per heavy atom. The van der Waals surface area contributed by atoms with E-state index in [1.54, 1.807) is 0 Å². The normalized spacial score (nSPS) is 13.3. The molecule has 0 spiro atoms. The van der Waals surface area contributed by atoms with Crippen LogP contribution in [0.2, 0.25) is 0 Å². The highest BCUT2D eigenvalue weighted by Crippen LogP contribution is 2.50. The first-order valence-corrected chi connectivity index (χ1v) is 26.0. The molecule has 75 heavy (non-hydrogen) atoms. The van der Waals surface area contributed by atoms with Crippen molar-refractivity contribution in [2.75, 3.05) is 16.8 Å². The highest BCUT2D eigenvalue weighted by molar-refractivity contribution is 6.92. The molecule has 3 aliphatic heterocycles. The summed E-state index contributed by atoms with van der Waals surface area (Å²) >= 11 is 0. The van der Waals surface area contributed by atoms with Gasteiger partial charge < -0.3 is 27.6 Å². The molecule has 7 heterocycles. The van der Waals surface area contributed by atoms with Crippen molar-refractivity contribution >= 4 is 151 Å². The molecule has 0 fully saturated rings. The number of para-hydroxylation sites is 8. The van der Waals surface area contributed by atoms with Crippen molar-refractivity contribution in [1.29, 1.82) is 0 Å². The van der Waals surface area contributed by atoms with Gasteiger partial charge in [0.05, 0.1) is 11.4 Å². The zero-order valence-electron chi connectivity index (χ0n) is 40.6. The molecule has 0 aliphatic carbocycles. The first kappa shape index (κ1) is 39.9. The Labute approximate surface area is 430 Å². The van der Waals surface area contributed by atoms with Gasteiger partial charge in [-0.3, -0.25) is 0 Å². The molecule has 15 aromatic rings. The monoisotopic (exact) mass is 954 g/mol. The van der Waals surface area contributed by atoms with Crippen LogP contribution in [0.15, 0.2) is 233 Å². The molecule has 0 N–H and O–H groups in total. The fourth-order valence-electron chi connectivity index (χ4n) is 14.1. The Morgan fingerprint density at radius 3 is 1.57 bits per heavy atom. The molecule has 6 nitrogen and oxygen atoms in total. The molecule has 18 rings (SSSR count). The minimum Gasteiger partial charge on any atom is -0.454 e. The fraction of sp³-hybridized carbons (Fsp3) is 0.0149. The van der Waals surface area contributed by atoms with Gasteiger partial charge in [-0.05, 0) is 94.2 Å². The molecule has 0 saturated heterocycles. The van der Waals surface area contributed by atoms with Crippen LogP contribution in [0.1, 0.15) is 0 Å². The summed E-state index contributed by atoms with van der Waals surface area (Å²) in [5.74, 6) is 0. The van der Waals surface area contributed by atoms with Crippen LogP contribution in [-0.4, -0.2) is 29.7 Å². The van der Waals surface area contributed by atoms with Gasteiger partial charge in [0.25, 0.3) is 0 Å². The number of hydrogen-bond acceptors (Lipinski definition) is 4. The predicted octanol–water partition coefficient (Wildman–Crippen LogP) is 14.5. The van der Waals surface area contributed by atoms with Crippen LogP contribution in [0.25, 0.3) is 110 Å². The van der Waals surface area contributed by atoms with E-state index in [-0.39, 0.29) is 13.7 Å². The van der Waals surface area contributed by atoms with Crippen LogP contribution in [0.3, 0.4) is 0 Å². The quantitative estimate of drug-likeness (QED) is 0.165. The third kappa shape index (κ3) is 5.01. The molecule has 0 radical (unpaired) electrons. The minimum atomic E-state index is -0.275. The number of nitrogens with zero attached hydrogens (tertiary/aromatic N) is 4. The molecule has 0 unspecified atom stereocenters. The SMILES string of the molecule is CN(c1ccccc1)c1c2c(cc3c1oc1ccccc13)-c1cccc3c4ccccc4n(c13)B2c1ccc2c(c1)B1c3c(cc4c(oc5ccccc54)c3N2c2ccccc2)-c2cccc3c4ccccc4n1c23. The summed E-state index contributed by atoms with van der Waals surface area (Å²) in [6.07, 6.45) is 0. The second kappa shape index (κ2) is 14.3. The predicted molar refractivity (Wildman–Crippen MR) is 314 cm³/mol. The Balaban J connectivity index is 1.01. The Kier molecular flexibility index (Phi) is 7.61. The van der Waals surface area contributed by atoms with Gasteiger partial charge in [-0.2, -0.15) is 0 Å². The molecule has 0 amide bonds. The van der Waals surface area contributed by atoms with Crippen molar-refractivity contribution in [3.63, 3.8) is 0 Å². The standard InChI is InChI=1S/C67H40B2N4O2/c1-70(40-18-4-2-5-19-40)64-60-50(37-52-44-24-10-14-32-58(44)74-66(52)64)48-28-16-26-46-42-22-8-12-30-55(42)72(62(46)48)68(60)39-34-35-57-54(36-39)69-61-51(49-29-17-27-47-43-23-9-13-31-56(43)73(69)63(47)49)38-53-45-25-11-15-33-59(45)75-67(53)65(61)71(57)41-20-6-3-7-21-41/h2-38H,1H3. The molecule has 0 atom stereocenters. The lowest BCUT2D eigenvalue weighted by molar-refractivity contribution is 0.669. The van der Waals surface area contributed by atoms with Gasteiger partial charge in [0, 0.05) is 100 Å². The fourth-order valence-corrected chi connectivity index (χ4v) is 14.1. The number of benzene rings is 11. The van der Waals surface area contributed by atoms with E-state index >= 15 is 0 Å². The first-order valence-electron chi connectivity index (χ1n) is 26.0. The Hall–Kier alpha value is -9.65. The van der Waals surface area contributed by atoms with E-state index in [4.69, 9.17) is 8.83 Å². The van der Waals surface area contributed by atoms with Crippen LogP contribution in [0.4, 0.5) is 28.4 Å². The lowest BCUT2D eigenvalue weighted by atomic mass is 9.42. The van der Waals surface area contributed by atoms with Crippen molar-refractivity contribution < 1.29 is 8.83 Å². The first-order chi connectivity index (χ1) is 37.2. The molecular formula is C67H40B2N4O2. The number of anilines is 5. The van der Waals surface area contributed by atoms with Gasteiger partial charge in [-0.1, -0.05) is 163 Å². The van der Waals surface area contributed by atoms with E-state index in [1.807, 2.05) is 0 Å². The summed E-state index contributed by atoms with van der Waals surface area (Å²) in [4.78, 5) is 4.86. The molecular weight excluding hydrogens is 914 g/mol. The summed E-state index contributed by atoms with van der Waals surface area (Å²) < 4.78 is 19.6. The largest absolute Gasteiger partial charge is 0.454 e. The lowest BCUT2D eigenvalue weighted by Gasteiger charge is -2.41. The summed E-state index contributed by atoms with van der Waals surface area (Å²) in [6, 6.07) is 82.7. The second-order valence-electron chi connectivity index (χ2n) is 20.7. The topological polar surface area (TPSA) is 42.6 Å². The van der Waals surface area contributed by atoms with Crippen molar-refractivity contribution in [2.24, 2.45) is 0 Å². The smallest absolute Gasteiger partial charge is 0.333 e. The number of aromatic nitrogens is 2. The molecule has 0 saturated carbocycles. The van der Waals surface area contributed by atoms with Gasteiger partial charge in [-0.15, -0.1) is 0 Å². The molecule has 8 heteroatoms. The van der Waals surface area contributed by atoms with Crippen LogP contribution < -0.4 is 31.7 Å². The van der Waals surface area contributed by atoms with E-state index in [0.29, 0.717) is 0 Å². The zero-order valence-corrected chi connectivity index (χ0v) is 40.6. The van der Waals surface area contributed by atoms with E-state index in [9.17, 15) is 0 Å². The summed E-state index contributed by atoms with van der Waals surface area (Å²) in [7, 11) is 2.21. The van der Waals surface area contributed by atoms with E-state index < -0.39 is 0 Å². The van der Waals surface area contributed by atoms with Crippen LogP contribution >= 0.6 is 0 Å². The summed E-state index contributed by atoms with van der Waals surface area (Å²) in [6.45, 7) is -0.483. The average Bonchev–Trinajstić information content (AvgIpc) is 4.34. The Bertz CT molecular complexity index is 5010. The van der Waals surface area contributed by atoms with Gasteiger partial charge in [0.2, 0.25) is 0 Å². The van der Waals surface area contributed by atoms with Gasteiger partial charge >= 0.3 is 13.7 Å². The van der Waals surface area contributed by atoms with E-state index in [1.165, 1.54) is 87.7 Å². The Morgan fingerprint density at radius 1 is 0.400 bits per heavy atom. The number of furan rings is 2. The van der Waals surface area contributed by atoms with E-state index in [2.05, 4.69) is 250 Å². The third-order valence-electron chi connectivity index (χ3n) is 17.1. The van der Waals surface area contributed by atoms with Gasteiger partial charge in [0.15, 0.2) is 11.2 Å². The number of fused-ring (bicyclic) bond motifs is 19. The molecule has 0 bridgehead atoms. The summed E-state index contributed by atoms with van der Waals surface area (Å²) in [5, 5.41) is 9.46. The summed E-state index contributed by atoms with van der Waals surface area (Å²) in [5.41, 5.74) is 23.7. The maximum atomic E-state index is 7.14. The third-order valence-corrected chi connectivity index (χ3v) is 17.1. The highest BCUT2D eigenvalue weighted by Gasteiger charge is 2.46. The highest BCUT2D eigenvalue weighted by atomic mass is 16.3. The van der Waals surface area contributed by atoms with Crippen molar-refractivity contribution in [2.45, 2.75) is 0 Å². The average molecular weight is 955 g/mol. The van der Waals surface area contributed by atoms with Crippen LogP contribution in [-0.2, 0) is 0 Å². The van der Waals surface area contributed by atoms with Gasteiger partial charge in [0.1, 0.15) is 11.2 Å². The number of hydrogen-bond donors (Lipinski definition) is 0. The van der Waals surface area contributed by atoms with Crippen LogP contribution in [0.5, 0.6) is 0 Å². The number of rotatable bonds is 4. The maximum absolute atomic E-state index is 7.14. The molecule has 3 aliphatic rings. The van der Waals surface area contributed by atoms with Crippen molar-refractivity contribution in [3.05, 3.63) is 224 Å². The second-order valence-corrected chi connectivity index (χ2v) is 20.7. The zero-order chi connectivity index (χ0) is 48.8. The lowest BCUT2D eigenvalue weighted by Crippen LogP contribution is -2.59. The van der Waals surface area contributed by atoms with E-state index in [0.717, 1.165) is 72.3 Å². The van der Waals surface area contributed by atoms with Crippen LogP contribution in [0, 0.1) is 0 Å². The van der Waals surface area contributed by atoms with Gasteiger partial charge in [-0.25, -0.2) is 0 Å². The molecule has 346 valence electrons.